The number of rotatable bonds is 11. The first kappa shape index (κ1) is 27.1. The van der Waals surface area contributed by atoms with Crippen molar-refractivity contribution in [3.05, 3.63) is 35.0 Å². The number of hydrogen-bond donors (Lipinski definition) is 2. The molecule has 1 aromatic carbocycles. The van der Waals surface area contributed by atoms with Crippen molar-refractivity contribution in [3.63, 3.8) is 0 Å². The molecule has 0 unspecified atom stereocenters. The van der Waals surface area contributed by atoms with Crippen LogP contribution in [-0.2, 0) is 16.1 Å². The van der Waals surface area contributed by atoms with Gasteiger partial charge in [-0.2, -0.15) is 0 Å². The van der Waals surface area contributed by atoms with Crippen LogP contribution in [0.3, 0.4) is 0 Å². The number of ether oxygens (including phenoxy) is 1. The molecule has 2 fully saturated rings. The zero-order valence-corrected chi connectivity index (χ0v) is 22.7. The number of likely N-dealkylation sites (tertiary alicyclic amines) is 1. The molecule has 3 atom stereocenters. The van der Waals surface area contributed by atoms with Gasteiger partial charge in [-0.05, 0) is 58.6 Å². The Morgan fingerprint density at radius 2 is 1.94 bits per heavy atom. The number of likely N-dealkylation sites (N-methyl/N-ethyl adjacent to an activating group) is 1. The third-order valence-electron chi connectivity index (χ3n) is 8.06. The molecule has 8 heteroatoms. The highest BCUT2D eigenvalue weighted by Gasteiger charge is 2.29. The van der Waals surface area contributed by atoms with Crippen molar-refractivity contribution in [2.45, 2.75) is 83.5 Å². The molecule has 2 N–H and O–H groups in total. The summed E-state index contributed by atoms with van der Waals surface area (Å²) in [6.07, 6.45) is 10.2. The van der Waals surface area contributed by atoms with Crippen molar-refractivity contribution in [2.75, 3.05) is 26.9 Å². The minimum Gasteiger partial charge on any atom is -0.364 e. The predicted molar refractivity (Wildman–Crippen MR) is 145 cm³/mol. The third kappa shape index (κ3) is 6.31. The van der Waals surface area contributed by atoms with Gasteiger partial charge in [0.2, 0.25) is 5.91 Å². The van der Waals surface area contributed by atoms with E-state index < -0.39 is 0 Å². The topological polar surface area (TPSA) is 75.6 Å². The lowest BCUT2D eigenvalue weighted by Crippen LogP contribution is -2.50. The number of aromatic nitrogens is 1. The fraction of sp³-hybridized carbons (Fsp3) is 0.643. The van der Waals surface area contributed by atoms with Crippen molar-refractivity contribution in [3.8, 4) is 0 Å². The Balaban J connectivity index is 1.40. The van der Waals surface area contributed by atoms with E-state index in [1.54, 1.807) is 6.92 Å². The lowest BCUT2D eigenvalue weighted by atomic mass is 9.84. The number of hydrogen-bond acceptors (Lipinski definition) is 5. The van der Waals surface area contributed by atoms with Gasteiger partial charge in [-0.15, -0.1) is 0 Å². The van der Waals surface area contributed by atoms with Gasteiger partial charge in [-0.3, -0.25) is 14.5 Å². The van der Waals surface area contributed by atoms with Gasteiger partial charge in [0.05, 0.1) is 36.0 Å². The molecular formula is C28H41ClN4O3. The van der Waals surface area contributed by atoms with E-state index in [1.807, 2.05) is 38.4 Å². The van der Waals surface area contributed by atoms with E-state index in [0.29, 0.717) is 30.3 Å². The van der Waals surface area contributed by atoms with Crippen LogP contribution in [0.1, 0.15) is 69.2 Å². The molecule has 0 bridgehead atoms. The molecule has 198 valence electrons. The van der Waals surface area contributed by atoms with Crippen LogP contribution in [0.5, 0.6) is 0 Å². The van der Waals surface area contributed by atoms with Crippen LogP contribution in [0.4, 0.5) is 0 Å². The summed E-state index contributed by atoms with van der Waals surface area (Å²) in [4.78, 5) is 27.2. The molecule has 1 saturated carbocycles. The predicted octanol–water partition coefficient (Wildman–Crippen LogP) is 4.61. The zero-order chi connectivity index (χ0) is 25.7. The van der Waals surface area contributed by atoms with Crippen LogP contribution in [0, 0.1) is 5.92 Å². The Morgan fingerprint density at radius 1 is 1.17 bits per heavy atom. The Labute approximate surface area is 219 Å². The second kappa shape index (κ2) is 12.5. The van der Waals surface area contributed by atoms with Crippen molar-refractivity contribution >= 4 is 34.2 Å². The highest BCUT2D eigenvalue weighted by molar-refractivity contribution is 6.35. The summed E-state index contributed by atoms with van der Waals surface area (Å²) >= 11 is 6.56. The molecule has 1 aliphatic heterocycles. The summed E-state index contributed by atoms with van der Waals surface area (Å²) in [5.41, 5.74) is 1.64. The maximum atomic E-state index is 12.6. The Kier molecular flexibility index (Phi) is 9.45. The van der Waals surface area contributed by atoms with E-state index >= 15 is 0 Å². The highest BCUT2D eigenvalue weighted by Crippen LogP contribution is 2.31. The molecular weight excluding hydrogens is 476 g/mol. The van der Waals surface area contributed by atoms with E-state index in [9.17, 15) is 9.59 Å². The van der Waals surface area contributed by atoms with Crippen LogP contribution in [0.2, 0.25) is 5.02 Å². The van der Waals surface area contributed by atoms with Crippen LogP contribution in [-0.4, -0.2) is 66.2 Å². The van der Waals surface area contributed by atoms with E-state index in [-0.39, 0.29) is 23.8 Å². The minimum atomic E-state index is -0.220. The standard InChI is InChI=1S/C28H41ClN4O3/c1-19(30-3)28(35)31-26(21-9-5-4-6-10-21)17-36-18-32-14-8-11-22(32)15-33-16-24(20(2)34)23-12-7-13-25(29)27(23)33/h7,12-13,16,19,21-22,26,30H,4-6,8-11,14-15,17-18H2,1-3H3,(H,31,35)/t19-,22-,26+/m0/s1. The average Bonchev–Trinajstić information content (AvgIpc) is 3.48. The number of benzene rings is 1. The van der Waals surface area contributed by atoms with Crippen LogP contribution in [0.25, 0.3) is 10.9 Å². The van der Waals surface area contributed by atoms with Crippen LogP contribution in [0.15, 0.2) is 24.4 Å². The Hall–Kier alpha value is -1.93. The summed E-state index contributed by atoms with van der Waals surface area (Å²) in [5, 5.41) is 7.88. The number of ketones is 1. The summed E-state index contributed by atoms with van der Waals surface area (Å²) in [6.45, 7) is 6.31. The van der Waals surface area contributed by atoms with Gasteiger partial charge in [0, 0.05) is 36.3 Å². The normalized spacial score (nSPS) is 21.1. The number of para-hydroxylation sites is 1. The Morgan fingerprint density at radius 3 is 2.67 bits per heavy atom. The summed E-state index contributed by atoms with van der Waals surface area (Å²) in [5.74, 6) is 0.559. The van der Waals surface area contributed by atoms with Crippen LogP contribution >= 0.6 is 11.6 Å². The van der Waals surface area contributed by atoms with Crippen molar-refractivity contribution in [1.82, 2.24) is 20.1 Å². The van der Waals surface area contributed by atoms with Gasteiger partial charge in [-0.1, -0.05) is 43.0 Å². The molecule has 0 spiro atoms. The molecule has 2 heterocycles. The van der Waals surface area contributed by atoms with E-state index in [1.165, 1.54) is 19.3 Å². The van der Waals surface area contributed by atoms with E-state index in [0.717, 1.165) is 55.2 Å². The molecule has 4 rings (SSSR count). The maximum absolute atomic E-state index is 12.6. The fourth-order valence-electron chi connectivity index (χ4n) is 5.81. The molecule has 0 radical (unpaired) electrons. The lowest BCUT2D eigenvalue weighted by Gasteiger charge is -2.32. The summed E-state index contributed by atoms with van der Waals surface area (Å²) in [7, 11) is 1.81. The first-order valence-corrected chi connectivity index (χ1v) is 13.8. The van der Waals surface area contributed by atoms with Crippen molar-refractivity contribution in [2.24, 2.45) is 5.92 Å². The first-order valence-electron chi connectivity index (χ1n) is 13.5. The van der Waals surface area contributed by atoms with Crippen LogP contribution < -0.4 is 10.6 Å². The number of nitrogens with one attached hydrogen (secondary N) is 2. The molecule has 7 nitrogen and oxygen atoms in total. The fourth-order valence-corrected chi connectivity index (χ4v) is 6.09. The largest absolute Gasteiger partial charge is 0.364 e. The first-order chi connectivity index (χ1) is 17.4. The number of nitrogens with zero attached hydrogens (tertiary/aromatic N) is 2. The maximum Gasteiger partial charge on any atom is 0.237 e. The molecule has 2 aliphatic rings. The number of carbonyl (C=O) groups excluding carboxylic acids is 2. The summed E-state index contributed by atoms with van der Waals surface area (Å²) < 4.78 is 8.41. The second-order valence-corrected chi connectivity index (χ2v) is 10.9. The molecule has 1 amide bonds. The quantitative estimate of drug-likeness (QED) is 0.427. The van der Waals surface area contributed by atoms with Crippen molar-refractivity contribution < 1.29 is 14.3 Å². The smallest absolute Gasteiger partial charge is 0.237 e. The van der Waals surface area contributed by atoms with Crippen molar-refractivity contribution in [1.29, 1.82) is 0 Å². The van der Waals surface area contributed by atoms with Gasteiger partial charge in [-0.25, -0.2) is 0 Å². The zero-order valence-electron chi connectivity index (χ0n) is 21.9. The molecule has 1 saturated heterocycles. The molecule has 36 heavy (non-hydrogen) atoms. The highest BCUT2D eigenvalue weighted by atomic mass is 35.5. The molecule has 1 aromatic heterocycles. The monoisotopic (exact) mass is 516 g/mol. The van der Waals surface area contributed by atoms with Gasteiger partial charge >= 0.3 is 0 Å². The second-order valence-electron chi connectivity index (χ2n) is 10.5. The SMILES string of the molecule is CN[C@@H](C)C(=O)N[C@H](COCN1CCC[C@H]1Cn1cc(C(C)=O)c2cccc(Cl)c21)C1CCCCC1. The van der Waals surface area contributed by atoms with Gasteiger partial charge in [0.1, 0.15) is 0 Å². The summed E-state index contributed by atoms with van der Waals surface area (Å²) in [6, 6.07) is 5.88. The number of halogens is 1. The average molecular weight is 517 g/mol. The van der Waals surface area contributed by atoms with Gasteiger partial charge in [0.25, 0.3) is 0 Å². The molecule has 1 aliphatic carbocycles. The Bertz CT molecular complexity index is 1050. The number of fused-ring (bicyclic) bond motifs is 1. The number of carbonyl (C=O) groups is 2. The third-order valence-corrected chi connectivity index (χ3v) is 8.37. The molecule has 2 aromatic rings. The minimum absolute atomic E-state index is 0.0355. The van der Waals surface area contributed by atoms with Gasteiger partial charge in [0.15, 0.2) is 5.78 Å². The lowest BCUT2D eigenvalue weighted by molar-refractivity contribution is -0.124. The van der Waals surface area contributed by atoms with E-state index in [2.05, 4.69) is 20.1 Å². The van der Waals surface area contributed by atoms with E-state index in [4.69, 9.17) is 16.3 Å². The van der Waals surface area contributed by atoms with Gasteiger partial charge < -0.3 is 19.9 Å². The number of amides is 1. The number of Topliss-reactive ketones (excluding diaryl/α,β-unsaturated/α-hetero) is 1.